The molecule has 1 aromatic carbocycles. The van der Waals surface area contributed by atoms with E-state index in [-0.39, 0.29) is 23.1 Å². The van der Waals surface area contributed by atoms with Crippen molar-refractivity contribution in [3.63, 3.8) is 0 Å². The van der Waals surface area contributed by atoms with Gasteiger partial charge >= 0.3 is 0 Å². The molecule has 1 aromatic rings. The maximum absolute atomic E-state index is 13.9. The second-order valence-corrected chi connectivity index (χ2v) is 12.5. The van der Waals surface area contributed by atoms with Gasteiger partial charge < -0.3 is 16.0 Å². The van der Waals surface area contributed by atoms with E-state index in [0.717, 1.165) is 32.1 Å². The van der Waals surface area contributed by atoms with Gasteiger partial charge in [-0.05, 0) is 30.4 Å². The van der Waals surface area contributed by atoms with Crippen LogP contribution in [-0.2, 0) is 14.4 Å². The number of benzene rings is 1. The summed E-state index contributed by atoms with van der Waals surface area (Å²) in [5, 5.41) is 9.06. The SMILES string of the molecule is CC(C)(C)C(=O)Nc1cccc(NC(=O)C(C)(C)C)c1NC(=O)C1(C(C)(C)C)CCCCC1. The standard InChI is InChI=1S/C27H43N3O3/c1-24(2,3)21(31)28-18-14-13-15-19(29-22(32)25(4,5)6)20(18)30-23(33)27(26(7,8)9)16-11-10-12-17-27/h13-15H,10-12,16-17H2,1-9H3,(H,28,31)(H,29,32)(H,30,33). The fraction of sp³-hybridized carbons (Fsp3) is 0.667. The third-order valence-corrected chi connectivity index (χ3v) is 6.74. The van der Waals surface area contributed by atoms with Crippen LogP contribution < -0.4 is 16.0 Å². The van der Waals surface area contributed by atoms with Gasteiger partial charge in [0.05, 0.1) is 22.5 Å². The van der Waals surface area contributed by atoms with Crippen LogP contribution in [0.3, 0.4) is 0 Å². The van der Waals surface area contributed by atoms with E-state index in [0.29, 0.717) is 17.1 Å². The van der Waals surface area contributed by atoms with Crippen molar-refractivity contribution in [1.82, 2.24) is 0 Å². The number of carbonyl (C=O) groups excluding carboxylic acids is 3. The maximum Gasteiger partial charge on any atom is 0.231 e. The molecular formula is C27H43N3O3. The summed E-state index contributed by atoms with van der Waals surface area (Å²) in [5.41, 5.74) is -0.561. The highest BCUT2D eigenvalue weighted by Crippen LogP contribution is 2.51. The van der Waals surface area contributed by atoms with Crippen LogP contribution in [0.2, 0.25) is 0 Å². The maximum atomic E-state index is 13.9. The summed E-state index contributed by atoms with van der Waals surface area (Å²) < 4.78 is 0. The first kappa shape index (κ1) is 26.9. The summed E-state index contributed by atoms with van der Waals surface area (Å²) >= 11 is 0. The Bertz CT molecular complexity index is 846. The first-order valence-electron chi connectivity index (χ1n) is 12.1. The van der Waals surface area contributed by atoms with Crippen LogP contribution in [0.5, 0.6) is 0 Å². The highest BCUT2D eigenvalue weighted by Gasteiger charge is 2.48. The molecule has 1 aliphatic rings. The van der Waals surface area contributed by atoms with E-state index in [1.807, 2.05) is 41.5 Å². The van der Waals surface area contributed by atoms with Gasteiger partial charge in [-0.15, -0.1) is 0 Å². The molecule has 33 heavy (non-hydrogen) atoms. The fourth-order valence-electron chi connectivity index (χ4n) is 4.22. The molecule has 0 radical (unpaired) electrons. The lowest BCUT2D eigenvalue weighted by Crippen LogP contribution is -2.47. The van der Waals surface area contributed by atoms with Gasteiger partial charge in [0.15, 0.2) is 0 Å². The van der Waals surface area contributed by atoms with Crippen LogP contribution >= 0.6 is 0 Å². The third-order valence-electron chi connectivity index (χ3n) is 6.74. The summed E-state index contributed by atoms with van der Waals surface area (Å²) in [7, 11) is 0. The molecule has 0 unspecified atom stereocenters. The largest absolute Gasteiger partial charge is 0.324 e. The molecule has 0 atom stereocenters. The van der Waals surface area contributed by atoms with Crippen LogP contribution in [0, 0.1) is 21.7 Å². The Morgan fingerprint density at radius 3 is 1.48 bits per heavy atom. The molecule has 0 spiro atoms. The molecular weight excluding hydrogens is 414 g/mol. The first-order chi connectivity index (χ1) is 15.0. The average Bonchev–Trinajstić information content (AvgIpc) is 2.68. The van der Waals surface area contributed by atoms with Crippen molar-refractivity contribution in [1.29, 1.82) is 0 Å². The third kappa shape index (κ3) is 6.15. The van der Waals surface area contributed by atoms with Crippen molar-refractivity contribution < 1.29 is 14.4 Å². The minimum atomic E-state index is -0.609. The van der Waals surface area contributed by atoms with Crippen LogP contribution in [0.15, 0.2) is 18.2 Å². The van der Waals surface area contributed by atoms with Crippen molar-refractivity contribution in [2.75, 3.05) is 16.0 Å². The molecule has 6 nitrogen and oxygen atoms in total. The summed E-state index contributed by atoms with van der Waals surface area (Å²) in [6, 6.07) is 5.29. The van der Waals surface area contributed by atoms with Gasteiger partial charge in [-0.25, -0.2) is 0 Å². The Labute approximate surface area is 199 Å². The van der Waals surface area contributed by atoms with Crippen LogP contribution in [0.4, 0.5) is 17.1 Å². The zero-order valence-electron chi connectivity index (χ0n) is 22.0. The number of hydrogen-bond acceptors (Lipinski definition) is 3. The van der Waals surface area contributed by atoms with Crippen molar-refractivity contribution in [2.24, 2.45) is 21.7 Å². The molecule has 1 aliphatic carbocycles. The number of nitrogens with one attached hydrogen (secondary N) is 3. The molecule has 6 heteroatoms. The Balaban J connectivity index is 2.53. The summed E-state index contributed by atoms with van der Waals surface area (Å²) in [6.07, 6.45) is 4.81. The molecule has 0 heterocycles. The zero-order chi connectivity index (χ0) is 25.2. The predicted octanol–water partition coefficient (Wildman–Crippen LogP) is 6.59. The van der Waals surface area contributed by atoms with Gasteiger partial charge in [0.1, 0.15) is 0 Å². The molecule has 1 saturated carbocycles. The molecule has 1 fully saturated rings. The topological polar surface area (TPSA) is 87.3 Å². The Morgan fingerprint density at radius 1 is 0.697 bits per heavy atom. The van der Waals surface area contributed by atoms with Crippen molar-refractivity contribution in [3.8, 4) is 0 Å². The minimum Gasteiger partial charge on any atom is -0.324 e. The van der Waals surface area contributed by atoms with Crippen molar-refractivity contribution in [2.45, 2.75) is 94.4 Å². The predicted molar refractivity (Wildman–Crippen MR) is 136 cm³/mol. The first-order valence-corrected chi connectivity index (χ1v) is 12.1. The van der Waals surface area contributed by atoms with Gasteiger partial charge in [-0.3, -0.25) is 14.4 Å². The number of hydrogen-bond donors (Lipinski definition) is 3. The Kier molecular flexibility index (Phi) is 7.72. The van der Waals surface area contributed by atoms with E-state index in [9.17, 15) is 14.4 Å². The molecule has 184 valence electrons. The van der Waals surface area contributed by atoms with Gasteiger partial charge in [-0.1, -0.05) is 87.6 Å². The number of rotatable bonds is 4. The normalized spacial score (nSPS) is 16.6. The lowest BCUT2D eigenvalue weighted by atomic mass is 9.59. The Hall–Kier alpha value is -2.37. The molecule has 0 aromatic heterocycles. The van der Waals surface area contributed by atoms with Gasteiger partial charge in [0.25, 0.3) is 0 Å². The fourth-order valence-corrected chi connectivity index (χ4v) is 4.22. The van der Waals surface area contributed by atoms with Crippen LogP contribution in [-0.4, -0.2) is 17.7 Å². The second kappa shape index (κ2) is 9.47. The molecule has 0 bridgehead atoms. The molecule has 3 N–H and O–H groups in total. The molecule has 3 amide bonds. The van der Waals surface area contributed by atoms with Gasteiger partial charge in [0.2, 0.25) is 17.7 Å². The summed E-state index contributed by atoms with van der Waals surface area (Å²) in [6.45, 7) is 17.4. The molecule has 2 rings (SSSR count). The van der Waals surface area contributed by atoms with Crippen LogP contribution in [0.1, 0.15) is 94.4 Å². The average molecular weight is 458 g/mol. The number of amides is 3. The lowest BCUT2D eigenvalue weighted by Gasteiger charge is -2.46. The monoisotopic (exact) mass is 457 g/mol. The number of anilines is 3. The van der Waals surface area contributed by atoms with Crippen molar-refractivity contribution in [3.05, 3.63) is 18.2 Å². The zero-order valence-corrected chi connectivity index (χ0v) is 22.0. The smallest absolute Gasteiger partial charge is 0.231 e. The van der Waals surface area contributed by atoms with E-state index in [2.05, 4.69) is 36.7 Å². The minimum absolute atomic E-state index is 0.0570. The summed E-state index contributed by atoms with van der Waals surface area (Å²) in [4.78, 5) is 39.4. The van der Waals surface area contributed by atoms with Gasteiger partial charge in [0, 0.05) is 10.8 Å². The second-order valence-electron chi connectivity index (χ2n) is 12.5. The van der Waals surface area contributed by atoms with E-state index in [1.54, 1.807) is 18.2 Å². The number of carbonyl (C=O) groups is 3. The van der Waals surface area contributed by atoms with Gasteiger partial charge in [-0.2, -0.15) is 0 Å². The van der Waals surface area contributed by atoms with E-state index >= 15 is 0 Å². The van der Waals surface area contributed by atoms with Crippen LogP contribution in [0.25, 0.3) is 0 Å². The quantitative estimate of drug-likeness (QED) is 0.476. The number of para-hydroxylation sites is 1. The highest BCUT2D eigenvalue weighted by molar-refractivity contribution is 6.08. The molecule has 0 aliphatic heterocycles. The highest BCUT2D eigenvalue weighted by atomic mass is 16.2. The van der Waals surface area contributed by atoms with Crippen molar-refractivity contribution >= 4 is 34.8 Å². The van der Waals surface area contributed by atoms with E-state index < -0.39 is 16.2 Å². The van der Waals surface area contributed by atoms with E-state index in [1.165, 1.54) is 0 Å². The lowest BCUT2D eigenvalue weighted by molar-refractivity contribution is -0.135. The summed E-state index contributed by atoms with van der Waals surface area (Å²) in [5.74, 6) is -0.389. The molecule has 0 saturated heterocycles. The van der Waals surface area contributed by atoms with E-state index in [4.69, 9.17) is 0 Å². The Morgan fingerprint density at radius 2 is 1.12 bits per heavy atom.